The van der Waals surface area contributed by atoms with Crippen LogP contribution in [0.2, 0.25) is 0 Å². The molecule has 3 heterocycles. The van der Waals surface area contributed by atoms with Gasteiger partial charge in [-0.25, -0.2) is 19.5 Å². The van der Waals surface area contributed by atoms with Crippen LogP contribution in [0.5, 0.6) is 0 Å². The van der Waals surface area contributed by atoms with Crippen LogP contribution >= 0.6 is 7.82 Å². The molecule has 1 aliphatic heterocycles. The number of hydrogen-bond acceptors (Lipinski definition) is 9. The number of nitrogen functional groups attached to an aromatic ring is 1. The monoisotopic (exact) mass is 372 g/mol. The second-order valence-electron chi connectivity index (χ2n) is 5.50. The van der Waals surface area contributed by atoms with E-state index < -0.39 is 26.8 Å². The fourth-order valence-electron chi connectivity index (χ4n) is 2.42. The topological polar surface area (TPSA) is 169 Å². The molecule has 0 saturated heterocycles. The number of ether oxygens (including phenoxy) is 1. The van der Waals surface area contributed by atoms with Crippen molar-refractivity contribution in [3.63, 3.8) is 0 Å². The van der Waals surface area contributed by atoms with Gasteiger partial charge in [0.05, 0.1) is 6.61 Å². The SMILES string of the molecule is CN(C)c1nc2c(N)ncnc2n1[C@H]1C=C(O)[C@@H](COP(=O)(O)O)O1. The number of fused-ring (bicyclic) bond motifs is 1. The maximum absolute atomic E-state index is 10.8. The number of nitrogens with two attached hydrogens (primary N) is 1. The van der Waals surface area contributed by atoms with E-state index >= 15 is 0 Å². The van der Waals surface area contributed by atoms with E-state index in [1.165, 1.54) is 12.4 Å². The van der Waals surface area contributed by atoms with Crippen LogP contribution in [0.4, 0.5) is 11.8 Å². The highest BCUT2D eigenvalue weighted by Crippen LogP contribution is 2.38. The fourth-order valence-corrected chi connectivity index (χ4v) is 2.75. The van der Waals surface area contributed by atoms with Crippen LogP contribution in [0.25, 0.3) is 11.2 Å². The largest absolute Gasteiger partial charge is 0.510 e. The average Bonchev–Trinajstić information content (AvgIpc) is 3.06. The molecule has 136 valence electrons. The molecule has 1 aliphatic rings. The van der Waals surface area contributed by atoms with Crippen molar-refractivity contribution >= 4 is 30.8 Å². The smallest absolute Gasteiger partial charge is 0.469 e. The Kier molecular flexibility index (Phi) is 4.39. The third kappa shape index (κ3) is 3.43. The van der Waals surface area contributed by atoms with E-state index in [1.54, 1.807) is 23.6 Å². The number of aliphatic hydroxyl groups is 1. The van der Waals surface area contributed by atoms with Crippen molar-refractivity contribution in [2.24, 2.45) is 0 Å². The van der Waals surface area contributed by atoms with E-state index in [0.717, 1.165) is 0 Å². The highest BCUT2D eigenvalue weighted by atomic mass is 31.2. The van der Waals surface area contributed by atoms with E-state index in [2.05, 4.69) is 19.5 Å². The van der Waals surface area contributed by atoms with Crippen molar-refractivity contribution in [1.82, 2.24) is 19.5 Å². The van der Waals surface area contributed by atoms with Gasteiger partial charge in [0.15, 0.2) is 23.2 Å². The maximum atomic E-state index is 10.8. The molecule has 0 aliphatic carbocycles. The van der Waals surface area contributed by atoms with E-state index in [-0.39, 0.29) is 11.6 Å². The lowest BCUT2D eigenvalue weighted by Gasteiger charge is -2.20. The molecule has 25 heavy (non-hydrogen) atoms. The van der Waals surface area contributed by atoms with Crippen molar-refractivity contribution in [3.05, 3.63) is 18.2 Å². The van der Waals surface area contributed by atoms with Gasteiger partial charge in [-0.05, 0) is 0 Å². The minimum atomic E-state index is -4.68. The summed E-state index contributed by atoms with van der Waals surface area (Å²) in [6, 6.07) is 0. The third-order valence-corrected chi connectivity index (χ3v) is 3.97. The van der Waals surface area contributed by atoms with E-state index in [4.69, 9.17) is 20.3 Å². The summed E-state index contributed by atoms with van der Waals surface area (Å²) in [5.41, 5.74) is 6.59. The summed E-state index contributed by atoms with van der Waals surface area (Å²) >= 11 is 0. The minimum Gasteiger partial charge on any atom is -0.510 e. The molecule has 0 spiro atoms. The number of aromatic nitrogens is 4. The van der Waals surface area contributed by atoms with E-state index in [0.29, 0.717) is 17.1 Å². The molecule has 0 aromatic carbocycles. The predicted molar refractivity (Wildman–Crippen MR) is 86.7 cm³/mol. The van der Waals surface area contributed by atoms with Gasteiger partial charge in [-0.1, -0.05) is 0 Å². The summed E-state index contributed by atoms with van der Waals surface area (Å²) in [6.45, 7) is -0.510. The number of imidazole rings is 1. The van der Waals surface area contributed by atoms with Crippen LogP contribution in [0.1, 0.15) is 6.23 Å². The van der Waals surface area contributed by atoms with Crippen LogP contribution in [-0.4, -0.2) is 61.2 Å². The molecule has 3 rings (SSSR count). The molecular weight excluding hydrogens is 355 g/mol. The van der Waals surface area contributed by atoms with Crippen LogP contribution < -0.4 is 10.6 Å². The van der Waals surface area contributed by atoms with Gasteiger partial charge in [0.2, 0.25) is 5.95 Å². The molecule has 2 aromatic heterocycles. The van der Waals surface area contributed by atoms with Gasteiger partial charge in [0.25, 0.3) is 0 Å². The summed E-state index contributed by atoms with van der Waals surface area (Å²) in [5.74, 6) is 0.430. The normalized spacial score (nSPS) is 20.9. The number of anilines is 2. The maximum Gasteiger partial charge on any atom is 0.469 e. The Morgan fingerprint density at radius 3 is 2.80 bits per heavy atom. The molecule has 0 unspecified atom stereocenters. The van der Waals surface area contributed by atoms with Crippen LogP contribution in [0.15, 0.2) is 18.2 Å². The summed E-state index contributed by atoms with van der Waals surface area (Å²) in [5, 5.41) is 10.0. The average molecular weight is 372 g/mol. The van der Waals surface area contributed by atoms with Gasteiger partial charge < -0.3 is 30.3 Å². The van der Waals surface area contributed by atoms with Crippen molar-refractivity contribution in [2.45, 2.75) is 12.3 Å². The lowest BCUT2D eigenvalue weighted by Crippen LogP contribution is -2.22. The lowest BCUT2D eigenvalue weighted by atomic mass is 10.3. The molecule has 0 bridgehead atoms. The Morgan fingerprint density at radius 2 is 2.16 bits per heavy atom. The molecule has 12 nitrogen and oxygen atoms in total. The van der Waals surface area contributed by atoms with Gasteiger partial charge in [0.1, 0.15) is 18.2 Å². The highest BCUT2D eigenvalue weighted by molar-refractivity contribution is 7.46. The number of aliphatic hydroxyl groups excluding tert-OH is 1. The van der Waals surface area contributed by atoms with Gasteiger partial charge in [0, 0.05) is 20.2 Å². The first-order chi connectivity index (χ1) is 11.7. The highest BCUT2D eigenvalue weighted by Gasteiger charge is 2.33. The van der Waals surface area contributed by atoms with Crippen molar-refractivity contribution in [2.75, 3.05) is 31.3 Å². The second kappa shape index (κ2) is 6.24. The molecule has 0 amide bonds. The fraction of sp³-hybridized carbons (Fsp3) is 0.417. The first-order valence-electron chi connectivity index (χ1n) is 7.09. The summed E-state index contributed by atoms with van der Waals surface area (Å²) in [7, 11) is -1.16. The molecule has 2 aromatic rings. The first kappa shape index (κ1) is 17.6. The van der Waals surface area contributed by atoms with E-state index in [9.17, 15) is 9.67 Å². The molecule has 2 atom stereocenters. The Balaban J connectivity index is 1.96. The first-order valence-corrected chi connectivity index (χ1v) is 8.62. The zero-order valence-corrected chi connectivity index (χ0v) is 14.2. The Morgan fingerprint density at radius 1 is 1.44 bits per heavy atom. The minimum absolute atomic E-state index is 0.194. The van der Waals surface area contributed by atoms with Crippen LogP contribution in [0.3, 0.4) is 0 Å². The predicted octanol–water partition coefficient (Wildman–Crippen LogP) is -0.0769. The summed E-state index contributed by atoms with van der Waals surface area (Å²) < 4.78 is 22.4. The van der Waals surface area contributed by atoms with E-state index in [1.807, 2.05) is 0 Å². The van der Waals surface area contributed by atoms with Crippen LogP contribution in [0, 0.1) is 0 Å². The van der Waals surface area contributed by atoms with Gasteiger partial charge in [-0.15, -0.1) is 0 Å². The number of rotatable bonds is 5. The Bertz CT molecular complexity index is 876. The molecule has 5 N–H and O–H groups in total. The number of phosphoric ester groups is 1. The van der Waals surface area contributed by atoms with Crippen molar-refractivity contribution < 1.29 is 28.7 Å². The molecular formula is C12H17N6O6P. The number of nitrogens with zero attached hydrogens (tertiary/aromatic N) is 5. The van der Waals surface area contributed by atoms with Gasteiger partial charge in [-0.3, -0.25) is 9.09 Å². The zero-order chi connectivity index (χ0) is 18.4. The zero-order valence-electron chi connectivity index (χ0n) is 13.3. The Hall–Kier alpha value is -2.24. The third-order valence-electron chi connectivity index (χ3n) is 3.48. The second-order valence-corrected chi connectivity index (χ2v) is 6.74. The Labute approximate surface area is 141 Å². The number of phosphoric acid groups is 1. The standard InChI is InChI=1S/C12H17N6O6P/c1-17(2)12-16-9-10(13)14-5-15-11(9)18(12)8-3-6(19)7(24-8)4-23-25(20,21)22/h3,5,7-8,19H,4H2,1-2H3,(H2,13,14,15)(H2,20,21,22)/t7-,8-/m1/s1. The van der Waals surface area contributed by atoms with Crippen molar-refractivity contribution in [1.29, 1.82) is 0 Å². The quantitative estimate of drug-likeness (QED) is 0.518. The van der Waals surface area contributed by atoms with Crippen molar-refractivity contribution in [3.8, 4) is 0 Å². The number of hydrogen-bond donors (Lipinski definition) is 4. The molecule has 0 fully saturated rings. The molecule has 13 heteroatoms. The lowest BCUT2D eigenvalue weighted by molar-refractivity contribution is -0.0207. The molecule has 0 saturated carbocycles. The van der Waals surface area contributed by atoms with Gasteiger partial charge in [-0.2, -0.15) is 0 Å². The molecule has 0 radical (unpaired) electrons. The van der Waals surface area contributed by atoms with Gasteiger partial charge >= 0.3 is 7.82 Å². The summed E-state index contributed by atoms with van der Waals surface area (Å²) in [6.07, 6.45) is 0.800. The summed E-state index contributed by atoms with van der Waals surface area (Å²) in [4.78, 5) is 31.7. The van der Waals surface area contributed by atoms with Crippen LogP contribution in [-0.2, 0) is 13.8 Å².